The number of rotatable bonds is 11. The molecule has 108 valence electrons. The Hall–Kier alpha value is -1.17. The van der Waals surface area contributed by atoms with Crippen LogP contribution < -0.4 is 5.32 Å². The minimum atomic E-state index is 0.595. The molecule has 0 aliphatic rings. The number of nitrogens with one attached hydrogen (secondary N) is 1. The van der Waals surface area contributed by atoms with E-state index in [1.807, 2.05) is 25.3 Å². The van der Waals surface area contributed by atoms with E-state index >= 15 is 0 Å². The zero-order valence-electron chi connectivity index (χ0n) is 11.9. The molecule has 0 bridgehead atoms. The van der Waals surface area contributed by atoms with Crippen LogP contribution in [0, 0.1) is 0 Å². The van der Waals surface area contributed by atoms with Gasteiger partial charge < -0.3 is 19.5 Å². The first-order valence-electron chi connectivity index (χ1n) is 6.70. The van der Waals surface area contributed by atoms with Gasteiger partial charge >= 0.3 is 0 Å². The lowest BCUT2D eigenvalue weighted by molar-refractivity contribution is 0.0483. The number of ether oxygens (including phenoxy) is 3. The lowest BCUT2D eigenvalue weighted by Crippen LogP contribution is -2.06. The Morgan fingerprint density at radius 2 is 1.95 bits per heavy atom. The number of hydrogen-bond acceptors (Lipinski definition) is 5. The molecule has 0 atom stereocenters. The lowest BCUT2D eigenvalue weighted by atomic mass is 10.3. The minimum Gasteiger partial charge on any atom is -0.382 e. The summed E-state index contributed by atoms with van der Waals surface area (Å²) in [5, 5.41) is 3.16. The van der Waals surface area contributed by atoms with Crippen molar-refractivity contribution >= 4 is 5.82 Å². The lowest BCUT2D eigenvalue weighted by Gasteiger charge is -2.06. The number of hydrogen-bond donors (Lipinski definition) is 1. The van der Waals surface area contributed by atoms with Gasteiger partial charge in [-0.1, -0.05) is 6.07 Å². The van der Waals surface area contributed by atoms with Gasteiger partial charge in [-0.2, -0.15) is 0 Å². The summed E-state index contributed by atoms with van der Waals surface area (Å²) in [5.41, 5.74) is 1.09. The van der Waals surface area contributed by atoms with Crippen molar-refractivity contribution in [2.75, 3.05) is 45.4 Å². The first kappa shape index (κ1) is 15.9. The van der Waals surface area contributed by atoms with Gasteiger partial charge in [0.25, 0.3) is 0 Å². The van der Waals surface area contributed by atoms with Gasteiger partial charge in [0.15, 0.2) is 0 Å². The molecule has 0 fully saturated rings. The fourth-order valence-corrected chi connectivity index (χ4v) is 1.49. The summed E-state index contributed by atoms with van der Waals surface area (Å²) in [5.74, 6) is 0.901. The molecule has 1 rings (SSSR count). The van der Waals surface area contributed by atoms with Gasteiger partial charge in [-0.25, -0.2) is 4.98 Å². The summed E-state index contributed by atoms with van der Waals surface area (Å²) >= 11 is 0. The van der Waals surface area contributed by atoms with E-state index in [2.05, 4.69) is 10.3 Å². The third kappa shape index (κ3) is 7.77. The fraction of sp³-hybridized carbons (Fsp3) is 0.643. The Morgan fingerprint density at radius 3 is 2.63 bits per heavy atom. The molecule has 0 saturated carbocycles. The van der Waals surface area contributed by atoms with Crippen molar-refractivity contribution in [2.45, 2.75) is 20.0 Å². The van der Waals surface area contributed by atoms with E-state index in [-0.39, 0.29) is 0 Å². The van der Waals surface area contributed by atoms with Gasteiger partial charge in [-0.3, -0.25) is 0 Å². The van der Waals surface area contributed by atoms with E-state index in [0.29, 0.717) is 33.0 Å². The summed E-state index contributed by atoms with van der Waals surface area (Å²) in [6.45, 7) is 6.22. The maximum atomic E-state index is 5.55. The predicted octanol–water partition coefficient (Wildman–Crippen LogP) is 2.08. The molecule has 0 aliphatic carbocycles. The molecule has 5 nitrogen and oxygen atoms in total. The number of aromatic nitrogens is 1. The molecule has 1 aromatic heterocycles. The Morgan fingerprint density at radius 1 is 1.11 bits per heavy atom. The number of methoxy groups -OCH3 is 1. The average molecular weight is 268 g/mol. The highest BCUT2D eigenvalue weighted by Gasteiger charge is 1.96. The molecule has 1 aromatic rings. The zero-order valence-corrected chi connectivity index (χ0v) is 11.9. The zero-order chi connectivity index (χ0) is 13.8. The van der Waals surface area contributed by atoms with Gasteiger partial charge in [0.2, 0.25) is 0 Å². The van der Waals surface area contributed by atoms with Crippen molar-refractivity contribution in [3.05, 3.63) is 23.9 Å². The summed E-state index contributed by atoms with van der Waals surface area (Å²) in [6, 6.07) is 4.00. The van der Waals surface area contributed by atoms with Crippen LogP contribution in [-0.2, 0) is 20.8 Å². The summed E-state index contributed by atoms with van der Waals surface area (Å²) in [6.07, 6.45) is 2.74. The van der Waals surface area contributed by atoms with Crippen molar-refractivity contribution in [2.24, 2.45) is 0 Å². The number of nitrogens with zero attached hydrogens (tertiary/aromatic N) is 1. The molecule has 0 saturated heterocycles. The second kappa shape index (κ2) is 10.7. The summed E-state index contributed by atoms with van der Waals surface area (Å²) in [7, 11) is 1.67. The maximum Gasteiger partial charge on any atom is 0.125 e. The fourth-order valence-electron chi connectivity index (χ4n) is 1.49. The highest BCUT2D eigenvalue weighted by molar-refractivity contribution is 5.34. The highest BCUT2D eigenvalue weighted by atomic mass is 16.5. The largest absolute Gasteiger partial charge is 0.382 e. The van der Waals surface area contributed by atoms with Crippen LogP contribution in [-0.4, -0.2) is 45.1 Å². The van der Waals surface area contributed by atoms with Crippen LogP contribution in [0.4, 0.5) is 5.82 Å². The molecule has 5 heteroatoms. The third-order valence-corrected chi connectivity index (χ3v) is 2.46. The normalized spacial score (nSPS) is 10.6. The topological polar surface area (TPSA) is 52.6 Å². The Bertz CT molecular complexity index is 317. The molecule has 0 aromatic carbocycles. The van der Waals surface area contributed by atoms with E-state index in [1.165, 1.54) is 0 Å². The first-order valence-corrected chi connectivity index (χ1v) is 6.70. The van der Waals surface area contributed by atoms with Gasteiger partial charge in [-0.05, 0) is 25.0 Å². The first-order chi connectivity index (χ1) is 9.36. The second-order valence-corrected chi connectivity index (χ2v) is 4.09. The van der Waals surface area contributed by atoms with Gasteiger partial charge in [0, 0.05) is 33.1 Å². The quantitative estimate of drug-likeness (QED) is 0.623. The highest BCUT2D eigenvalue weighted by Crippen LogP contribution is 2.06. The molecule has 1 N–H and O–H groups in total. The van der Waals surface area contributed by atoms with Crippen LogP contribution in [0.15, 0.2) is 18.3 Å². The smallest absolute Gasteiger partial charge is 0.125 e. The molecule has 1 heterocycles. The maximum absolute atomic E-state index is 5.55. The third-order valence-electron chi connectivity index (χ3n) is 2.46. The van der Waals surface area contributed by atoms with Crippen LogP contribution in [0.5, 0.6) is 0 Å². The van der Waals surface area contributed by atoms with Crippen LogP contribution in [0.2, 0.25) is 0 Å². The van der Waals surface area contributed by atoms with E-state index in [9.17, 15) is 0 Å². The average Bonchev–Trinajstić information content (AvgIpc) is 2.44. The predicted molar refractivity (Wildman–Crippen MR) is 75.4 cm³/mol. The number of anilines is 1. The Balaban J connectivity index is 2.02. The standard InChI is InChI=1S/C14H24N2O3/c1-3-15-14-6-5-13(11-16-14)12-19-8-4-7-18-10-9-17-2/h5-6,11H,3-4,7-10,12H2,1-2H3,(H,15,16). The van der Waals surface area contributed by atoms with Crippen LogP contribution in [0.1, 0.15) is 18.9 Å². The Kier molecular flexibility index (Phi) is 8.97. The molecule has 0 spiro atoms. The van der Waals surface area contributed by atoms with Crippen molar-refractivity contribution in [1.29, 1.82) is 0 Å². The minimum absolute atomic E-state index is 0.595. The molecule has 0 radical (unpaired) electrons. The van der Waals surface area contributed by atoms with E-state index < -0.39 is 0 Å². The van der Waals surface area contributed by atoms with Crippen LogP contribution in [0.3, 0.4) is 0 Å². The molecule has 0 aliphatic heterocycles. The monoisotopic (exact) mass is 268 g/mol. The van der Waals surface area contributed by atoms with Crippen molar-refractivity contribution < 1.29 is 14.2 Å². The van der Waals surface area contributed by atoms with Crippen LogP contribution in [0.25, 0.3) is 0 Å². The van der Waals surface area contributed by atoms with Gasteiger partial charge in [0.05, 0.1) is 19.8 Å². The SMILES string of the molecule is CCNc1ccc(COCCCOCCOC)cn1. The number of pyridine rings is 1. The molecule has 0 amide bonds. The van der Waals surface area contributed by atoms with Crippen molar-refractivity contribution in [3.63, 3.8) is 0 Å². The molecular weight excluding hydrogens is 244 g/mol. The summed E-state index contributed by atoms with van der Waals surface area (Å²) in [4.78, 5) is 4.29. The molecular formula is C14H24N2O3. The summed E-state index contributed by atoms with van der Waals surface area (Å²) < 4.78 is 15.8. The Labute approximate surface area is 115 Å². The van der Waals surface area contributed by atoms with E-state index in [1.54, 1.807) is 7.11 Å². The van der Waals surface area contributed by atoms with Gasteiger partial charge in [0.1, 0.15) is 5.82 Å². The van der Waals surface area contributed by atoms with E-state index in [4.69, 9.17) is 14.2 Å². The van der Waals surface area contributed by atoms with Gasteiger partial charge in [-0.15, -0.1) is 0 Å². The van der Waals surface area contributed by atoms with E-state index in [0.717, 1.165) is 24.3 Å². The van der Waals surface area contributed by atoms with Crippen LogP contribution >= 0.6 is 0 Å². The van der Waals surface area contributed by atoms with Crippen molar-refractivity contribution in [3.8, 4) is 0 Å². The molecule has 0 unspecified atom stereocenters. The second-order valence-electron chi connectivity index (χ2n) is 4.09. The molecule has 19 heavy (non-hydrogen) atoms. The van der Waals surface area contributed by atoms with Crippen molar-refractivity contribution in [1.82, 2.24) is 4.98 Å².